The molecule has 0 fully saturated rings. The van der Waals surface area contributed by atoms with Gasteiger partial charge in [-0.3, -0.25) is 9.59 Å². The summed E-state index contributed by atoms with van der Waals surface area (Å²) in [6, 6.07) is -0.700. The van der Waals surface area contributed by atoms with Crippen LogP contribution in [0.2, 0.25) is 0 Å². The first-order valence-corrected chi connectivity index (χ1v) is 20.6. The number of unbranched alkanes of at least 4 members (excludes halogenated alkanes) is 20. The molecule has 0 aromatic rings. The zero-order valence-electron chi connectivity index (χ0n) is 31.9. The Morgan fingerprint density at radius 2 is 1.04 bits per heavy atom. The van der Waals surface area contributed by atoms with E-state index in [0.29, 0.717) is 19.3 Å². The molecular weight excluding hydrogens is 598 g/mol. The Labute approximate surface area is 297 Å². The number of amides is 1. The third-order valence-corrected chi connectivity index (χ3v) is 9.21. The number of nitrogens with one attached hydrogen (secondary N) is 1. The van der Waals surface area contributed by atoms with Gasteiger partial charge in [0.15, 0.2) is 0 Å². The largest absolute Gasteiger partial charge is 0.462 e. The SMILES string of the molecule is CCC/C=C\CCCCCCCC(=O)OC(CCCCC/C=C\CCC)CC(=O)NC(CO)C(O)CCCCCCCCCCCCC. The Hall–Kier alpha value is -1.66. The molecule has 0 rings (SSSR count). The monoisotopic (exact) mass is 678 g/mol. The fraction of sp³-hybridized carbons (Fsp3) is 0.857. The predicted molar refractivity (Wildman–Crippen MR) is 204 cm³/mol. The van der Waals surface area contributed by atoms with Gasteiger partial charge in [0.25, 0.3) is 0 Å². The van der Waals surface area contributed by atoms with Crippen LogP contribution in [0.1, 0.15) is 207 Å². The van der Waals surface area contributed by atoms with E-state index in [2.05, 4.69) is 50.4 Å². The molecule has 1 amide bonds. The maximum absolute atomic E-state index is 13.0. The van der Waals surface area contributed by atoms with Crippen LogP contribution >= 0.6 is 0 Å². The molecule has 0 aliphatic heterocycles. The molecular formula is C42H79NO5. The number of allylic oxidation sites excluding steroid dienone is 4. The van der Waals surface area contributed by atoms with Crippen molar-refractivity contribution in [2.45, 2.75) is 225 Å². The molecule has 3 atom stereocenters. The fourth-order valence-electron chi connectivity index (χ4n) is 6.08. The van der Waals surface area contributed by atoms with Gasteiger partial charge in [0, 0.05) is 6.42 Å². The second kappa shape index (κ2) is 36.6. The molecule has 0 aliphatic rings. The number of hydrogen-bond acceptors (Lipinski definition) is 5. The minimum Gasteiger partial charge on any atom is -0.462 e. The summed E-state index contributed by atoms with van der Waals surface area (Å²) in [5.74, 6) is -0.506. The van der Waals surface area contributed by atoms with Crippen molar-refractivity contribution in [1.29, 1.82) is 0 Å². The number of carbonyl (C=O) groups is 2. The van der Waals surface area contributed by atoms with Gasteiger partial charge in [0.1, 0.15) is 6.10 Å². The van der Waals surface area contributed by atoms with Crippen molar-refractivity contribution in [2.75, 3.05) is 6.61 Å². The lowest BCUT2D eigenvalue weighted by molar-refractivity contribution is -0.151. The van der Waals surface area contributed by atoms with Crippen LogP contribution in [-0.4, -0.2) is 46.9 Å². The van der Waals surface area contributed by atoms with E-state index in [-0.39, 0.29) is 24.9 Å². The summed E-state index contributed by atoms with van der Waals surface area (Å²) >= 11 is 0. The lowest BCUT2D eigenvalue weighted by atomic mass is 10.0. The number of carbonyl (C=O) groups excluding carboxylic acids is 2. The molecule has 0 bridgehead atoms. The number of aliphatic hydroxyl groups is 2. The molecule has 0 heterocycles. The van der Waals surface area contributed by atoms with Crippen LogP contribution < -0.4 is 5.32 Å². The second-order valence-electron chi connectivity index (χ2n) is 14.0. The molecule has 282 valence electrons. The summed E-state index contributed by atoms with van der Waals surface area (Å²) in [5.41, 5.74) is 0. The van der Waals surface area contributed by atoms with Crippen LogP contribution in [0.25, 0.3) is 0 Å². The first-order valence-electron chi connectivity index (χ1n) is 20.6. The molecule has 6 heteroatoms. The van der Waals surface area contributed by atoms with Gasteiger partial charge in [-0.2, -0.15) is 0 Å². The van der Waals surface area contributed by atoms with Crippen molar-refractivity contribution >= 4 is 11.9 Å². The highest BCUT2D eigenvalue weighted by molar-refractivity contribution is 5.77. The third kappa shape index (κ3) is 31.6. The number of ether oxygens (including phenoxy) is 1. The Balaban J connectivity index is 4.55. The lowest BCUT2D eigenvalue weighted by Crippen LogP contribution is -2.46. The van der Waals surface area contributed by atoms with Gasteiger partial charge in [-0.15, -0.1) is 0 Å². The van der Waals surface area contributed by atoms with Crippen LogP contribution in [0.3, 0.4) is 0 Å². The van der Waals surface area contributed by atoms with Crippen molar-refractivity contribution in [3.8, 4) is 0 Å². The summed E-state index contributed by atoms with van der Waals surface area (Å²) in [5, 5.41) is 23.5. The van der Waals surface area contributed by atoms with Gasteiger partial charge in [-0.1, -0.05) is 154 Å². The summed E-state index contributed by atoms with van der Waals surface area (Å²) in [6.07, 6.45) is 38.2. The van der Waals surface area contributed by atoms with Crippen LogP contribution in [-0.2, 0) is 14.3 Å². The standard InChI is InChI=1S/C42H79NO5/c1-4-7-10-13-16-19-21-22-25-28-31-34-40(45)39(37-44)43-41(46)36-38(33-30-27-24-18-15-12-9-6-3)48-42(47)35-32-29-26-23-20-17-14-11-8-5-2/h11-12,14-15,38-40,44-45H,4-10,13,16-37H2,1-3H3,(H,43,46)/b14-11-,15-12-. The normalized spacial score (nSPS) is 13.7. The Kier molecular flexibility index (Phi) is 35.3. The van der Waals surface area contributed by atoms with E-state index in [9.17, 15) is 19.8 Å². The molecule has 0 radical (unpaired) electrons. The van der Waals surface area contributed by atoms with E-state index < -0.39 is 18.2 Å². The minimum atomic E-state index is -0.786. The maximum atomic E-state index is 13.0. The van der Waals surface area contributed by atoms with E-state index in [4.69, 9.17) is 4.74 Å². The van der Waals surface area contributed by atoms with Crippen molar-refractivity contribution in [3.63, 3.8) is 0 Å². The van der Waals surface area contributed by atoms with Gasteiger partial charge in [-0.25, -0.2) is 0 Å². The van der Waals surface area contributed by atoms with Gasteiger partial charge in [-0.05, 0) is 64.2 Å². The molecule has 0 saturated carbocycles. The third-order valence-electron chi connectivity index (χ3n) is 9.21. The summed E-state index contributed by atoms with van der Waals surface area (Å²) in [4.78, 5) is 25.7. The first kappa shape index (κ1) is 46.3. The Morgan fingerprint density at radius 1 is 0.583 bits per heavy atom. The molecule has 0 aromatic carbocycles. The molecule has 48 heavy (non-hydrogen) atoms. The van der Waals surface area contributed by atoms with E-state index in [0.717, 1.165) is 89.9 Å². The van der Waals surface area contributed by atoms with Crippen molar-refractivity contribution in [3.05, 3.63) is 24.3 Å². The molecule has 0 spiro atoms. The second-order valence-corrected chi connectivity index (χ2v) is 14.0. The quantitative estimate of drug-likeness (QED) is 0.0348. The van der Waals surface area contributed by atoms with E-state index >= 15 is 0 Å². The number of esters is 1. The average Bonchev–Trinajstić information content (AvgIpc) is 3.07. The summed E-state index contributed by atoms with van der Waals surface area (Å²) in [7, 11) is 0. The molecule has 6 nitrogen and oxygen atoms in total. The highest BCUT2D eigenvalue weighted by Crippen LogP contribution is 2.17. The summed E-state index contributed by atoms with van der Waals surface area (Å²) in [6.45, 7) is 6.31. The number of hydrogen-bond donors (Lipinski definition) is 3. The van der Waals surface area contributed by atoms with Crippen molar-refractivity contribution in [1.82, 2.24) is 5.32 Å². The van der Waals surface area contributed by atoms with Crippen LogP contribution in [0, 0.1) is 0 Å². The van der Waals surface area contributed by atoms with Crippen molar-refractivity contribution in [2.24, 2.45) is 0 Å². The molecule has 3 N–H and O–H groups in total. The molecule has 0 saturated heterocycles. The van der Waals surface area contributed by atoms with E-state index in [1.807, 2.05) is 0 Å². The minimum absolute atomic E-state index is 0.0648. The van der Waals surface area contributed by atoms with Gasteiger partial charge < -0.3 is 20.3 Å². The van der Waals surface area contributed by atoms with Crippen LogP contribution in [0.15, 0.2) is 24.3 Å². The zero-order chi connectivity index (χ0) is 35.3. The number of rotatable bonds is 36. The Bertz CT molecular complexity index is 767. The van der Waals surface area contributed by atoms with Crippen LogP contribution in [0.4, 0.5) is 0 Å². The van der Waals surface area contributed by atoms with Crippen molar-refractivity contribution < 1.29 is 24.5 Å². The highest BCUT2D eigenvalue weighted by Gasteiger charge is 2.24. The predicted octanol–water partition coefficient (Wildman–Crippen LogP) is 11.2. The van der Waals surface area contributed by atoms with E-state index in [1.54, 1.807) is 0 Å². The molecule has 0 aromatic heterocycles. The number of aliphatic hydroxyl groups excluding tert-OH is 2. The zero-order valence-corrected chi connectivity index (χ0v) is 31.9. The summed E-state index contributed by atoms with van der Waals surface area (Å²) < 4.78 is 5.84. The molecule has 3 unspecified atom stereocenters. The van der Waals surface area contributed by atoms with Gasteiger partial charge in [0.2, 0.25) is 5.91 Å². The first-order chi connectivity index (χ1) is 23.5. The fourth-order valence-corrected chi connectivity index (χ4v) is 6.08. The molecule has 0 aliphatic carbocycles. The Morgan fingerprint density at radius 3 is 1.58 bits per heavy atom. The maximum Gasteiger partial charge on any atom is 0.306 e. The van der Waals surface area contributed by atoms with E-state index in [1.165, 1.54) is 70.6 Å². The smallest absolute Gasteiger partial charge is 0.306 e. The highest BCUT2D eigenvalue weighted by atomic mass is 16.5. The van der Waals surface area contributed by atoms with Crippen LogP contribution in [0.5, 0.6) is 0 Å². The lowest BCUT2D eigenvalue weighted by Gasteiger charge is -2.24. The topological polar surface area (TPSA) is 95.9 Å². The van der Waals surface area contributed by atoms with Gasteiger partial charge in [0.05, 0.1) is 25.2 Å². The average molecular weight is 678 g/mol. The van der Waals surface area contributed by atoms with Gasteiger partial charge >= 0.3 is 5.97 Å².